The highest BCUT2D eigenvalue weighted by Gasteiger charge is 2.26. The Morgan fingerprint density at radius 3 is 2.02 bits per heavy atom. The summed E-state index contributed by atoms with van der Waals surface area (Å²) in [6.07, 6.45) is 35.0. The van der Waals surface area contributed by atoms with Gasteiger partial charge in [-0.15, -0.1) is 6.58 Å². The van der Waals surface area contributed by atoms with E-state index >= 15 is 0 Å². The van der Waals surface area contributed by atoms with Gasteiger partial charge in [-0.3, -0.25) is 0 Å². The fraction of sp³-hybridized carbons (Fsp3) is 0.757. The minimum absolute atomic E-state index is 0.0226. The maximum absolute atomic E-state index is 13.2. The number of carbonyl (C=O) groups excluding carboxylic acids is 1. The number of nitrogens with zero attached hydrogens (tertiary/aromatic N) is 2. The van der Waals surface area contributed by atoms with Gasteiger partial charge < -0.3 is 14.5 Å². The quantitative estimate of drug-likeness (QED) is 0.0725. The molecule has 0 fully saturated rings. The Labute approximate surface area is 256 Å². The number of hydrogen-bond acceptors (Lipinski definition) is 3. The second-order valence-corrected chi connectivity index (χ2v) is 12.2. The molecular formula is C37H68N2O2. The Hall–Kier alpha value is -1.81. The molecule has 4 nitrogen and oxygen atoms in total. The number of amides is 1. The van der Waals surface area contributed by atoms with E-state index in [1.165, 1.54) is 51.4 Å². The van der Waals surface area contributed by atoms with Crippen molar-refractivity contribution in [3.63, 3.8) is 0 Å². The van der Waals surface area contributed by atoms with Crippen molar-refractivity contribution in [1.29, 1.82) is 0 Å². The number of allylic oxidation sites excluding steroid dienone is 7. The highest BCUT2D eigenvalue weighted by molar-refractivity contribution is 5.67. The van der Waals surface area contributed by atoms with E-state index in [4.69, 9.17) is 4.74 Å². The lowest BCUT2D eigenvalue weighted by atomic mass is 9.86. The van der Waals surface area contributed by atoms with Crippen LogP contribution in [0.15, 0.2) is 49.1 Å². The fourth-order valence-corrected chi connectivity index (χ4v) is 5.26. The van der Waals surface area contributed by atoms with Gasteiger partial charge in [0.1, 0.15) is 6.10 Å². The molecule has 0 bridgehead atoms. The van der Waals surface area contributed by atoms with Gasteiger partial charge in [0, 0.05) is 13.6 Å². The molecule has 0 aliphatic carbocycles. The smallest absolute Gasteiger partial charge is 0.409 e. The number of ether oxygens (including phenoxy) is 1. The zero-order chi connectivity index (χ0) is 30.6. The summed E-state index contributed by atoms with van der Waals surface area (Å²) in [6, 6.07) is 0. The van der Waals surface area contributed by atoms with Crippen LogP contribution < -0.4 is 0 Å². The van der Waals surface area contributed by atoms with E-state index in [1.807, 2.05) is 13.1 Å². The number of hydrogen-bond donors (Lipinski definition) is 0. The van der Waals surface area contributed by atoms with Gasteiger partial charge in [-0.25, -0.2) is 4.79 Å². The summed E-state index contributed by atoms with van der Waals surface area (Å²) in [4.78, 5) is 17.1. The Morgan fingerprint density at radius 2 is 1.39 bits per heavy atom. The summed E-state index contributed by atoms with van der Waals surface area (Å²) in [5.41, 5.74) is 0. The lowest BCUT2D eigenvalue weighted by Gasteiger charge is -2.29. The molecular weight excluding hydrogens is 504 g/mol. The molecule has 0 heterocycles. The van der Waals surface area contributed by atoms with Gasteiger partial charge in [-0.1, -0.05) is 82.1 Å². The summed E-state index contributed by atoms with van der Waals surface area (Å²) in [7, 11) is 6.03. The average Bonchev–Trinajstić information content (AvgIpc) is 2.94. The van der Waals surface area contributed by atoms with Crippen LogP contribution in [-0.4, -0.2) is 56.2 Å². The van der Waals surface area contributed by atoms with Crippen LogP contribution in [0.25, 0.3) is 0 Å². The summed E-state index contributed by atoms with van der Waals surface area (Å²) in [6.45, 7) is 12.2. The van der Waals surface area contributed by atoms with Gasteiger partial charge in [0.05, 0.1) is 0 Å². The first kappa shape index (κ1) is 39.2. The standard InChI is InChI=1S/C37H68N2O2/c1-8-11-13-15-17-18-20-21-23-29-35(30-25-28-34(4)27-10-3)36(31-24-22-19-16-14-12-9-2)41-37(40)39(7)33-26-32-38(5)6/h8,10,17-19,22,27,34-36H,1,9,11-16,20-21,23-26,28-33H2,2-7H3/b18-17-,22-19-,27-10-. The Morgan fingerprint density at radius 1 is 0.756 bits per heavy atom. The molecule has 0 rings (SSSR count). The van der Waals surface area contributed by atoms with Crippen molar-refractivity contribution < 1.29 is 9.53 Å². The maximum atomic E-state index is 13.2. The molecule has 4 heteroatoms. The van der Waals surface area contributed by atoms with Crippen LogP contribution in [0.1, 0.15) is 130 Å². The number of unbranched alkanes of at least 4 members (excludes halogenated alkanes) is 7. The van der Waals surface area contributed by atoms with E-state index in [2.05, 4.69) is 82.8 Å². The van der Waals surface area contributed by atoms with Crippen LogP contribution in [0, 0.1) is 11.8 Å². The zero-order valence-electron chi connectivity index (χ0n) is 28.1. The molecule has 238 valence electrons. The third kappa shape index (κ3) is 24.5. The first-order valence-corrected chi connectivity index (χ1v) is 17.0. The van der Waals surface area contributed by atoms with Gasteiger partial charge >= 0.3 is 6.09 Å². The lowest BCUT2D eigenvalue weighted by Crippen LogP contribution is -2.36. The molecule has 0 saturated heterocycles. The molecule has 0 aliphatic rings. The van der Waals surface area contributed by atoms with Gasteiger partial charge in [0.2, 0.25) is 0 Å². The Kier molecular flexibility index (Phi) is 27.1. The van der Waals surface area contributed by atoms with Crippen LogP contribution in [0.3, 0.4) is 0 Å². The highest BCUT2D eigenvalue weighted by atomic mass is 16.6. The first-order valence-electron chi connectivity index (χ1n) is 17.0. The topological polar surface area (TPSA) is 32.8 Å². The monoisotopic (exact) mass is 573 g/mol. The van der Waals surface area contributed by atoms with Crippen molar-refractivity contribution in [2.75, 3.05) is 34.2 Å². The summed E-state index contributed by atoms with van der Waals surface area (Å²) in [5, 5.41) is 0. The molecule has 3 unspecified atom stereocenters. The minimum Gasteiger partial charge on any atom is -0.446 e. The lowest BCUT2D eigenvalue weighted by molar-refractivity contribution is 0.0282. The molecule has 0 aromatic carbocycles. The second-order valence-electron chi connectivity index (χ2n) is 12.2. The van der Waals surface area contributed by atoms with E-state index in [0.717, 1.165) is 70.9 Å². The average molecular weight is 573 g/mol. The van der Waals surface area contributed by atoms with Crippen LogP contribution in [-0.2, 0) is 4.74 Å². The summed E-state index contributed by atoms with van der Waals surface area (Å²) < 4.78 is 6.32. The van der Waals surface area contributed by atoms with E-state index < -0.39 is 0 Å². The first-order chi connectivity index (χ1) is 19.8. The molecule has 41 heavy (non-hydrogen) atoms. The largest absolute Gasteiger partial charge is 0.446 e. The van der Waals surface area contributed by atoms with Crippen molar-refractivity contribution in [2.24, 2.45) is 11.8 Å². The molecule has 0 aromatic heterocycles. The SMILES string of the molecule is C=CCCC/C=C\CCCCC(CCCC(C)/C=C\C)C(CC/C=C\CCCCC)OC(=O)N(C)CCCN(C)C. The maximum Gasteiger partial charge on any atom is 0.409 e. The predicted octanol–water partition coefficient (Wildman–Crippen LogP) is 10.8. The third-order valence-electron chi connectivity index (χ3n) is 7.84. The van der Waals surface area contributed by atoms with Gasteiger partial charge in [-0.2, -0.15) is 0 Å². The summed E-state index contributed by atoms with van der Waals surface area (Å²) in [5.74, 6) is 1.01. The van der Waals surface area contributed by atoms with Crippen molar-refractivity contribution in [3.05, 3.63) is 49.1 Å². The third-order valence-corrected chi connectivity index (χ3v) is 7.84. The van der Waals surface area contributed by atoms with Crippen LogP contribution in [0.5, 0.6) is 0 Å². The van der Waals surface area contributed by atoms with Gasteiger partial charge in [0.15, 0.2) is 0 Å². The van der Waals surface area contributed by atoms with E-state index in [9.17, 15) is 4.79 Å². The predicted molar refractivity (Wildman–Crippen MR) is 182 cm³/mol. The van der Waals surface area contributed by atoms with Crippen LogP contribution >= 0.6 is 0 Å². The molecule has 0 N–H and O–H groups in total. The van der Waals surface area contributed by atoms with Gasteiger partial charge in [-0.05, 0) is 123 Å². The molecule has 0 aromatic rings. The normalized spacial score (nSPS) is 14.3. The minimum atomic E-state index is -0.157. The second kappa shape index (κ2) is 28.3. The van der Waals surface area contributed by atoms with Crippen molar-refractivity contribution >= 4 is 6.09 Å². The number of carbonyl (C=O) groups is 1. The van der Waals surface area contributed by atoms with Crippen molar-refractivity contribution in [2.45, 2.75) is 136 Å². The van der Waals surface area contributed by atoms with E-state index in [-0.39, 0.29) is 12.2 Å². The molecule has 0 aliphatic heterocycles. The fourth-order valence-electron chi connectivity index (χ4n) is 5.26. The molecule has 0 spiro atoms. The van der Waals surface area contributed by atoms with Crippen LogP contribution in [0.2, 0.25) is 0 Å². The summed E-state index contributed by atoms with van der Waals surface area (Å²) >= 11 is 0. The van der Waals surface area contributed by atoms with E-state index in [0.29, 0.717) is 11.8 Å². The van der Waals surface area contributed by atoms with Crippen molar-refractivity contribution in [1.82, 2.24) is 9.80 Å². The molecule has 1 amide bonds. The zero-order valence-corrected chi connectivity index (χ0v) is 28.1. The molecule has 3 atom stereocenters. The molecule has 0 saturated carbocycles. The Bertz CT molecular complexity index is 697. The van der Waals surface area contributed by atoms with Gasteiger partial charge in [0.25, 0.3) is 0 Å². The van der Waals surface area contributed by atoms with Crippen LogP contribution in [0.4, 0.5) is 4.79 Å². The highest BCUT2D eigenvalue weighted by Crippen LogP contribution is 2.28. The number of rotatable bonds is 27. The molecule has 0 radical (unpaired) electrons. The van der Waals surface area contributed by atoms with E-state index in [1.54, 1.807) is 4.90 Å². The Balaban J connectivity index is 5.30. The van der Waals surface area contributed by atoms with Crippen molar-refractivity contribution in [3.8, 4) is 0 Å².